The highest BCUT2D eigenvalue weighted by Gasteiger charge is 2.12. The maximum Gasteiger partial charge on any atom is 0.0917 e. The lowest BCUT2D eigenvalue weighted by atomic mass is 10.0. The Hall–Kier alpha value is -0.900. The molecule has 1 rings (SSSR count). The minimum atomic E-state index is -0.456. The third kappa shape index (κ3) is 4.46. The highest BCUT2D eigenvalue weighted by atomic mass is 16.5. The van der Waals surface area contributed by atoms with Gasteiger partial charge in [-0.25, -0.2) is 0 Å². The minimum Gasteiger partial charge on any atom is -0.387 e. The fraction of sp³-hybridized carbons (Fsp3) is 0.571. The summed E-state index contributed by atoms with van der Waals surface area (Å²) in [6, 6.07) is 8.24. The molecule has 0 unspecified atom stereocenters. The summed E-state index contributed by atoms with van der Waals surface area (Å²) in [5.41, 5.74) is 2.12. The van der Waals surface area contributed by atoms with E-state index in [0.717, 1.165) is 17.5 Å². The fourth-order valence-corrected chi connectivity index (χ4v) is 1.87. The van der Waals surface area contributed by atoms with E-state index in [1.165, 1.54) is 0 Å². The van der Waals surface area contributed by atoms with Crippen LogP contribution in [0.2, 0.25) is 0 Å². The van der Waals surface area contributed by atoms with Gasteiger partial charge in [0.25, 0.3) is 0 Å². The lowest BCUT2D eigenvalue weighted by Gasteiger charge is -2.19. The lowest BCUT2D eigenvalue weighted by molar-refractivity contribution is 0.137. The molecule has 0 radical (unpaired) electrons. The molecule has 0 aliphatic carbocycles. The predicted octanol–water partition coefficient (Wildman–Crippen LogP) is 2.04. The van der Waals surface area contributed by atoms with Crippen molar-refractivity contribution in [3.63, 3.8) is 0 Å². The molecule has 0 aliphatic rings. The van der Waals surface area contributed by atoms with Crippen LogP contribution in [0.3, 0.4) is 0 Å². The topological polar surface area (TPSA) is 41.5 Å². The second-order valence-electron chi connectivity index (χ2n) is 4.34. The molecule has 0 spiro atoms. The number of aryl methyl sites for hydroxylation is 1. The number of ether oxygens (including phenoxy) is 1. The summed E-state index contributed by atoms with van der Waals surface area (Å²) in [7, 11) is 1.70. The van der Waals surface area contributed by atoms with E-state index < -0.39 is 6.10 Å². The van der Waals surface area contributed by atoms with Crippen LogP contribution < -0.4 is 5.32 Å². The standard InChI is InChI=1S/C14H23NO2/c1-4-12(10-17-3)15-9-14(16)13-8-6-5-7-11(13)2/h5-8,12,14-16H,4,9-10H2,1-3H3/t12-,14-/m1/s1. The second kappa shape index (κ2) is 7.43. The van der Waals surface area contributed by atoms with Crippen molar-refractivity contribution in [1.29, 1.82) is 0 Å². The van der Waals surface area contributed by atoms with Crippen LogP contribution in [0, 0.1) is 6.92 Å². The highest BCUT2D eigenvalue weighted by molar-refractivity contribution is 5.27. The fourth-order valence-electron chi connectivity index (χ4n) is 1.87. The number of rotatable bonds is 7. The SMILES string of the molecule is CC[C@H](COC)NC[C@@H](O)c1ccccc1C. The summed E-state index contributed by atoms with van der Waals surface area (Å²) in [6.45, 7) is 5.37. The van der Waals surface area contributed by atoms with Gasteiger partial charge in [-0.1, -0.05) is 31.2 Å². The summed E-state index contributed by atoms with van der Waals surface area (Å²) in [5, 5.41) is 13.4. The molecule has 1 aromatic carbocycles. The zero-order chi connectivity index (χ0) is 12.7. The molecule has 2 atom stereocenters. The first-order chi connectivity index (χ1) is 8.19. The molecule has 0 fully saturated rings. The van der Waals surface area contributed by atoms with Crippen molar-refractivity contribution >= 4 is 0 Å². The van der Waals surface area contributed by atoms with Crippen LogP contribution in [0.4, 0.5) is 0 Å². The van der Waals surface area contributed by atoms with E-state index >= 15 is 0 Å². The average molecular weight is 237 g/mol. The normalized spacial score (nSPS) is 14.6. The number of benzene rings is 1. The minimum absolute atomic E-state index is 0.304. The van der Waals surface area contributed by atoms with E-state index in [1.807, 2.05) is 31.2 Å². The zero-order valence-corrected chi connectivity index (χ0v) is 10.9. The molecule has 0 bridgehead atoms. The Labute approximate surface area is 104 Å². The molecule has 0 heterocycles. The summed E-state index contributed by atoms with van der Waals surface area (Å²) in [5.74, 6) is 0. The van der Waals surface area contributed by atoms with Crippen molar-refractivity contribution in [2.75, 3.05) is 20.3 Å². The quantitative estimate of drug-likeness (QED) is 0.762. The van der Waals surface area contributed by atoms with E-state index in [2.05, 4.69) is 12.2 Å². The van der Waals surface area contributed by atoms with Crippen molar-refractivity contribution in [2.45, 2.75) is 32.4 Å². The van der Waals surface area contributed by atoms with Gasteiger partial charge in [-0.15, -0.1) is 0 Å². The number of hydrogen-bond acceptors (Lipinski definition) is 3. The first kappa shape index (κ1) is 14.2. The van der Waals surface area contributed by atoms with Crippen LogP contribution in [-0.4, -0.2) is 31.4 Å². The van der Waals surface area contributed by atoms with Gasteiger partial charge in [0.2, 0.25) is 0 Å². The molecule has 96 valence electrons. The molecule has 0 aliphatic heterocycles. The van der Waals surface area contributed by atoms with E-state index in [0.29, 0.717) is 19.2 Å². The van der Waals surface area contributed by atoms with E-state index in [9.17, 15) is 5.11 Å². The molecule has 0 aromatic heterocycles. The van der Waals surface area contributed by atoms with Gasteiger partial charge in [0.1, 0.15) is 0 Å². The van der Waals surface area contributed by atoms with Crippen LogP contribution in [-0.2, 0) is 4.74 Å². The Balaban J connectivity index is 2.49. The number of hydrogen-bond donors (Lipinski definition) is 2. The Morgan fingerprint density at radius 2 is 2.06 bits per heavy atom. The number of nitrogens with one attached hydrogen (secondary N) is 1. The Morgan fingerprint density at radius 3 is 2.65 bits per heavy atom. The van der Waals surface area contributed by atoms with Gasteiger partial charge in [0.15, 0.2) is 0 Å². The number of aliphatic hydroxyl groups excluding tert-OH is 1. The van der Waals surface area contributed by atoms with Crippen molar-refractivity contribution in [2.24, 2.45) is 0 Å². The summed E-state index contributed by atoms with van der Waals surface area (Å²) < 4.78 is 5.11. The van der Waals surface area contributed by atoms with Gasteiger partial charge >= 0.3 is 0 Å². The van der Waals surface area contributed by atoms with Gasteiger partial charge in [0.05, 0.1) is 12.7 Å². The van der Waals surface area contributed by atoms with Gasteiger partial charge in [-0.2, -0.15) is 0 Å². The van der Waals surface area contributed by atoms with Gasteiger partial charge in [0, 0.05) is 19.7 Å². The molecular formula is C14H23NO2. The van der Waals surface area contributed by atoms with Crippen molar-refractivity contribution < 1.29 is 9.84 Å². The van der Waals surface area contributed by atoms with Crippen LogP contribution in [0.1, 0.15) is 30.6 Å². The molecular weight excluding hydrogens is 214 g/mol. The summed E-state index contributed by atoms with van der Waals surface area (Å²) >= 11 is 0. The monoisotopic (exact) mass is 237 g/mol. The third-order valence-corrected chi connectivity index (χ3v) is 3.01. The largest absolute Gasteiger partial charge is 0.387 e. The Bertz CT molecular complexity index is 328. The predicted molar refractivity (Wildman–Crippen MR) is 70.1 cm³/mol. The van der Waals surface area contributed by atoms with Crippen molar-refractivity contribution in [3.05, 3.63) is 35.4 Å². The van der Waals surface area contributed by atoms with Gasteiger partial charge in [-0.05, 0) is 24.5 Å². The van der Waals surface area contributed by atoms with Crippen LogP contribution in [0.5, 0.6) is 0 Å². The molecule has 17 heavy (non-hydrogen) atoms. The zero-order valence-electron chi connectivity index (χ0n) is 10.9. The van der Waals surface area contributed by atoms with Gasteiger partial charge < -0.3 is 15.2 Å². The maximum atomic E-state index is 10.1. The lowest BCUT2D eigenvalue weighted by Crippen LogP contribution is -2.35. The summed E-state index contributed by atoms with van der Waals surface area (Å²) in [4.78, 5) is 0. The van der Waals surface area contributed by atoms with E-state index in [1.54, 1.807) is 7.11 Å². The van der Waals surface area contributed by atoms with Crippen molar-refractivity contribution in [3.8, 4) is 0 Å². The molecule has 1 aromatic rings. The number of methoxy groups -OCH3 is 1. The average Bonchev–Trinajstić information content (AvgIpc) is 2.34. The van der Waals surface area contributed by atoms with E-state index in [4.69, 9.17) is 4.74 Å². The van der Waals surface area contributed by atoms with E-state index in [-0.39, 0.29) is 0 Å². The number of aliphatic hydroxyl groups is 1. The second-order valence-corrected chi connectivity index (χ2v) is 4.34. The van der Waals surface area contributed by atoms with Crippen molar-refractivity contribution in [1.82, 2.24) is 5.32 Å². The molecule has 0 amide bonds. The van der Waals surface area contributed by atoms with Gasteiger partial charge in [-0.3, -0.25) is 0 Å². The molecule has 0 saturated heterocycles. The van der Waals surface area contributed by atoms with Crippen LogP contribution in [0.25, 0.3) is 0 Å². The molecule has 2 N–H and O–H groups in total. The first-order valence-corrected chi connectivity index (χ1v) is 6.15. The first-order valence-electron chi connectivity index (χ1n) is 6.15. The summed E-state index contributed by atoms with van der Waals surface area (Å²) in [6.07, 6.45) is 0.538. The van der Waals surface area contributed by atoms with Crippen LogP contribution in [0.15, 0.2) is 24.3 Å². The Morgan fingerprint density at radius 1 is 1.35 bits per heavy atom. The third-order valence-electron chi connectivity index (χ3n) is 3.01. The molecule has 3 heteroatoms. The highest BCUT2D eigenvalue weighted by Crippen LogP contribution is 2.16. The molecule has 3 nitrogen and oxygen atoms in total. The smallest absolute Gasteiger partial charge is 0.0917 e. The maximum absolute atomic E-state index is 10.1. The Kier molecular flexibility index (Phi) is 6.19. The van der Waals surface area contributed by atoms with Crippen LogP contribution >= 0.6 is 0 Å². The molecule has 0 saturated carbocycles.